The summed E-state index contributed by atoms with van der Waals surface area (Å²) in [5, 5.41) is 0. The van der Waals surface area contributed by atoms with Crippen LogP contribution in [0.4, 0.5) is 0 Å². The first-order valence-electron chi connectivity index (χ1n) is 1.20. The second-order valence-corrected chi connectivity index (χ2v) is 7.86. The molecular weight excluding hydrogens is 131 g/mol. The molecule has 0 aromatic carbocycles. The molecule has 4 heavy (non-hydrogen) atoms. The summed E-state index contributed by atoms with van der Waals surface area (Å²) in [7, 11) is 0. The van der Waals surface area contributed by atoms with Crippen LogP contribution in [0.5, 0.6) is 0 Å². The van der Waals surface area contributed by atoms with E-state index in [1.165, 1.54) is 0 Å². The van der Waals surface area contributed by atoms with Crippen LogP contribution in [0, 0.1) is 0 Å². The summed E-state index contributed by atoms with van der Waals surface area (Å²) in [6, 6.07) is 0. The first kappa shape index (κ1) is 4.74. The van der Waals surface area contributed by atoms with Crippen molar-refractivity contribution in [2.75, 3.05) is 0 Å². The molecule has 0 amide bonds. The van der Waals surface area contributed by atoms with Crippen molar-refractivity contribution in [2.24, 2.45) is 0 Å². The Morgan fingerprint density at radius 2 is 1.50 bits per heavy atom. The molecule has 0 spiro atoms. The van der Waals surface area contributed by atoms with Crippen LogP contribution < -0.4 is 0 Å². The maximum absolute atomic E-state index is 3.00. The van der Waals surface area contributed by atoms with Gasteiger partial charge in [0, 0.05) is 0 Å². The Morgan fingerprint density at radius 3 is 1.50 bits per heavy atom. The van der Waals surface area contributed by atoms with Gasteiger partial charge < -0.3 is 0 Å². The predicted molar refractivity (Wildman–Crippen MR) is 23.2 cm³/mol. The molecule has 2 heteroatoms. The van der Waals surface area contributed by atoms with Crippen LogP contribution in [0.3, 0.4) is 0 Å². The van der Waals surface area contributed by atoms with Gasteiger partial charge in [-0.15, -0.1) is 0 Å². The van der Waals surface area contributed by atoms with Crippen LogP contribution in [0.2, 0.25) is 13.1 Å². The summed E-state index contributed by atoms with van der Waals surface area (Å²) < 4.78 is 0. The molecule has 0 radical (unpaired) electrons. The predicted octanol–water partition coefficient (Wildman–Crippen LogP) is 0.406. The first-order chi connectivity index (χ1) is 1.73. The van der Waals surface area contributed by atoms with Gasteiger partial charge in [0.1, 0.15) is 0 Å². The Kier molecular flexibility index (Phi) is 2.37. The van der Waals surface area contributed by atoms with Gasteiger partial charge in [0.05, 0.1) is 0 Å². The number of hydrogen-bond donors (Lipinski definition) is 0. The van der Waals surface area contributed by atoms with Gasteiger partial charge in [-0.3, -0.25) is 0 Å². The fourth-order valence-corrected chi connectivity index (χ4v) is 0. The van der Waals surface area contributed by atoms with Crippen molar-refractivity contribution in [2.45, 2.75) is 13.1 Å². The van der Waals surface area contributed by atoms with Gasteiger partial charge in [0.25, 0.3) is 0 Å². The summed E-state index contributed by atoms with van der Waals surface area (Å²) in [6.45, 7) is 4.42. The number of rotatable bonds is 0. The van der Waals surface area contributed by atoms with Crippen LogP contribution >= 0.6 is 0 Å². The van der Waals surface area contributed by atoms with E-state index >= 15 is 0 Å². The van der Waals surface area contributed by atoms with Gasteiger partial charge in [0.15, 0.2) is 0 Å². The van der Waals surface area contributed by atoms with Crippen LogP contribution in [-0.4, -0.2) is 21.8 Å². The third kappa shape index (κ3) is 15.2. The van der Waals surface area contributed by atoms with Gasteiger partial charge in [-0.2, -0.15) is 0 Å². The minimum atomic E-state index is -0.00463. The normalized spacial score (nSPS) is 6.50. The molecule has 0 N–H and O–H groups in total. The van der Waals surface area contributed by atoms with Crippen molar-refractivity contribution < 1.29 is 0 Å². The Labute approximate surface area is 35.5 Å². The monoisotopic (exact) mass is 138 g/mol. The molecule has 0 unspecified atom stereocenters. The fraction of sp³-hybridized carbons (Fsp3) is 1.00. The van der Waals surface area contributed by atoms with Crippen LogP contribution in [0.1, 0.15) is 0 Å². The van der Waals surface area contributed by atoms with Crippen molar-refractivity contribution >= 4 is 21.8 Å². The van der Waals surface area contributed by atoms with E-state index in [-0.39, 0.29) is 6.94 Å². The second-order valence-electron chi connectivity index (χ2n) is 0.908. The minimum absolute atomic E-state index is 0.00463. The molecule has 0 saturated carbocycles. The van der Waals surface area contributed by atoms with E-state index in [9.17, 15) is 0 Å². The molecule has 0 heterocycles. The summed E-state index contributed by atoms with van der Waals surface area (Å²) in [6.07, 6.45) is 0. The van der Waals surface area contributed by atoms with Crippen molar-refractivity contribution in [1.29, 1.82) is 0 Å². The average molecular weight is 137 g/mol. The molecule has 0 saturated heterocycles. The maximum atomic E-state index is 3.00. The van der Waals surface area contributed by atoms with E-state index in [0.717, 1.165) is 0 Å². The zero-order chi connectivity index (χ0) is 3.58. The van der Waals surface area contributed by atoms with Crippen LogP contribution in [0.15, 0.2) is 0 Å². The Balaban J connectivity index is 2.80. The van der Waals surface area contributed by atoms with E-state index in [0.29, 0.717) is 0 Å². The van der Waals surface area contributed by atoms with E-state index in [1.54, 1.807) is 0 Å². The van der Waals surface area contributed by atoms with Gasteiger partial charge in [0.2, 0.25) is 0 Å². The quantitative estimate of drug-likeness (QED) is 0.424. The molecule has 0 aliphatic heterocycles. The third-order valence-electron chi connectivity index (χ3n) is 0. The summed E-state index contributed by atoms with van der Waals surface area (Å²) >= 11 is 3.00. The zero-order valence-electron chi connectivity index (χ0n) is 2.91. The first-order valence-corrected chi connectivity index (χ1v) is 6.18. The van der Waals surface area contributed by atoms with E-state index in [1.807, 2.05) is 0 Å². The summed E-state index contributed by atoms with van der Waals surface area (Å²) in [5.74, 6) is 0. The summed E-state index contributed by atoms with van der Waals surface area (Å²) in [4.78, 5) is 0. The molecule has 0 aromatic heterocycles. The van der Waals surface area contributed by atoms with E-state index in [4.69, 9.17) is 0 Å². The average Bonchev–Trinajstić information content (AvgIpc) is 0.811. The second kappa shape index (κ2) is 2.00. The molecule has 0 aromatic rings. The van der Waals surface area contributed by atoms with Gasteiger partial charge >= 0.3 is 34.9 Å². The van der Waals surface area contributed by atoms with Gasteiger partial charge in [-0.25, -0.2) is 0 Å². The molecule has 0 aliphatic carbocycles. The van der Waals surface area contributed by atoms with E-state index in [2.05, 4.69) is 28.0 Å². The van der Waals surface area contributed by atoms with E-state index < -0.39 is 0 Å². The molecule has 24 valence electrons. The van der Waals surface area contributed by atoms with Crippen molar-refractivity contribution in [3.8, 4) is 0 Å². The van der Waals surface area contributed by atoms with Gasteiger partial charge in [-0.1, -0.05) is 0 Å². The molecular formula is C2H6SeSi. The molecule has 0 bridgehead atoms. The van der Waals surface area contributed by atoms with Gasteiger partial charge in [-0.05, 0) is 0 Å². The zero-order valence-corrected chi connectivity index (χ0v) is 5.62. The Morgan fingerprint density at radius 1 is 1.50 bits per heavy atom. The van der Waals surface area contributed by atoms with Crippen molar-refractivity contribution in [1.82, 2.24) is 0 Å². The Hall–Kier alpha value is 0.736. The SMILES string of the molecule is C[Si](C)=[Se]. The van der Waals surface area contributed by atoms with Crippen molar-refractivity contribution in [3.63, 3.8) is 0 Å². The Bertz CT molecular complexity index is 29.0. The number of hydrogen-bond acceptors (Lipinski definition) is 0. The standard InChI is InChI=1S/C2H6SeSi/c1-4(2)3/h1-2H3. The molecule has 0 rings (SSSR count). The summed E-state index contributed by atoms with van der Waals surface area (Å²) in [5.41, 5.74) is 0. The molecule has 0 nitrogen and oxygen atoms in total. The van der Waals surface area contributed by atoms with Crippen LogP contribution in [-0.2, 0) is 0 Å². The molecule has 0 fully saturated rings. The molecule has 0 atom stereocenters. The topological polar surface area (TPSA) is 0 Å². The van der Waals surface area contributed by atoms with Crippen LogP contribution in [0.25, 0.3) is 0 Å². The molecule has 0 aliphatic rings. The third-order valence-corrected chi connectivity index (χ3v) is 0. The fourth-order valence-electron chi connectivity index (χ4n) is 0. The van der Waals surface area contributed by atoms with Crippen molar-refractivity contribution in [3.05, 3.63) is 0 Å².